The maximum atomic E-state index is 12.9. The van der Waals surface area contributed by atoms with E-state index >= 15 is 0 Å². The van der Waals surface area contributed by atoms with Crippen LogP contribution in [0.3, 0.4) is 0 Å². The lowest BCUT2D eigenvalue weighted by atomic mass is 10.2. The third kappa shape index (κ3) is 4.92. The molecule has 27 heavy (non-hydrogen) atoms. The topological polar surface area (TPSA) is 76.1 Å². The first-order chi connectivity index (χ1) is 13.0. The molecule has 1 heterocycles. The van der Waals surface area contributed by atoms with E-state index in [0.717, 1.165) is 5.56 Å². The van der Waals surface area contributed by atoms with Gasteiger partial charge in [0, 0.05) is 18.4 Å². The van der Waals surface area contributed by atoms with Crippen molar-refractivity contribution >= 4 is 29.1 Å². The van der Waals surface area contributed by atoms with Crippen LogP contribution in [-0.2, 0) is 6.54 Å². The third-order valence-corrected chi connectivity index (χ3v) is 3.96. The van der Waals surface area contributed by atoms with Crippen LogP contribution in [0.2, 0.25) is 5.02 Å². The molecule has 0 bridgehead atoms. The molecule has 0 atom stereocenters. The summed E-state index contributed by atoms with van der Waals surface area (Å²) < 4.78 is 18.0. The standard InChI is InChI=1S/C19H16ClFN4O2/c1-27-17-7-6-14(10-15(17)20)24-18(26)16-8-9-22-19(25-16)23-11-12-2-4-13(21)5-3-12/h2-10H,11H2,1H3,(H,24,26)(H,22,23,25). The van der Waals surface area contributed by atoms with Gasteiger partial charge >= 0.3 is 0 Å². The molecule has 6 nitrogen and oxygen atoms in total. The van der Waals surface area contributed by atoms with Crippen LogP contribution in [0.1, 0.15) is 16.1 Å². The highest BCUT2D eigenvalue weighted by atomic mass is 35.5. The summed E-state index contributed by atoms with van der Waals surface area (Å²) in [6, 6.07) is 12.5. The number of carbonyl (C=O) groups is 1. The Hall–Kier alpha value is -3.19. The number of hydrogen-bond acceptors (Lipinski definition) is 5. The Morgan fingerprint density at radius 3 is 2.67 bits per heavy atom. The first kappa shape index (κ1) is 18.6. The molecule has 2 aromatic carbocycles. The number of benzene rings is 2. The Morgan fingerprint density at radius 2 is 1.96 bits per heavy atom. The summed E-state index contributed by atoms with van der Waals surface area (Å²) >= 11 is 6.06. The van der Waals surface area contributed by atoms with Crippen molar-refractivity contribution in [1.29, 1.82) is 0 Å². The molecule has 3 rings (SSSR count). The van der Waals surface area contributed by atoms with Gasteiger partial charge in [0.2, 0.25) is 5.95 Å². The number of nitrogens with zero attached hydrogens (tertiary/aromatic N) is 2. The Bertz CT molecular complexity index is 951. The van der Waals surface area contributed by atoms with Gasteiger partial charge in [0.1, 0.15) is 17.3 Å². The number of rotatable bonds is 6. The van der Waals surface area contributed by atoms with Crippen molar-refractivity contribution in [2.45, 2.75) is 6.54 Å². The fourth-order valence-electron chi connectivity index (χ4n) is 2.29. The predicted molar refractivity (Wildman–Crippen MR) is 102 cm³/mol. The molecule has 3 aromatic rings. The number of methoxy groups -OCH3 is 1. The van der Waals surface area contributed by atoms with Gasteiger partial charge in [0.05, 0.1) is 12.1 Å². The van der Waals surface area contributed by atoms with Crippen LogP contribution in [0.15, 0.2) is 54.7 Å². The fourth-order valence-corrected chi connectivity index (χ4v) is 2.55. The van der Waals surface area contributed by atoms with Crippen molar-refractivity contribution in [1.82, 2.24) is 9.97 Å². The molecule has 1 amide bonds. The molecule has 0 unspecified atom stereocenters. The third-order valence-electron chi connectivity index (χ3n) is 3.66. The van der Waals surface area contributed by atoms with Gasteiger partial charge in [0.15, 0.2) is 0 Å². The number of amides is 1. The number of carbonyl (C=O) groups excluding carboxylic acids is 1. The SMILES string of the molecule is COc1ccc(NC(=O)c2ccnc(NCc3ccc(F)cc3)n2)cc1Cl. The molecule has 2 N–H and O–H groups in total. The molecule has 0 aliphatic rings. The summed E-state index contributed by atoms with van der Waals surface area (Å²) in [5.74, 6) is 0.111. The van der Waals surface area contributed by atoms with Gasteiger partial charge < -0.3 is 15.4 Å². The average molecular weight is 387 g/mol. The molecule has 0 spiro atoms. The molecule has 0 radical (unpaired) electrons. The number of nitrogens with one attached hydrogen (secondary N) is 2. The lowest BCUT2D eigenvalue weighted by Gasteiger charge is -2.09. The first-order valence-electron chi connectivity index (χ1n) is 8.01. The number of hydrogen-bond donors (Lipinski definition) is 2. The summed E-state index contributed by atoms with van der Waals surface area (Å²) in [5.41, 5.74) is 1.58. The quantitative estimate of drug-likeness (QED) is 0.665. The lowest BCUT2D eigenvalue weighted by Crippen LogP contribution is -2.15. The highest BCUT2D eigenvalue weighted by molar-refractivity contribution is 6.32. The van der Waals surface area contributed by atoms with E-state index < -0.39 is 5.91 Å². The highest BCUT2D eigenvalue weighted by Gasteiger charge is 2.11. The molecule has 0 aliphatic carbocycles. The predicted octanol–water partition coefficient (Wildman–Crippen LogP) is 4.14. The summed E-state index contributed by atoms with van der Waals surface area (Å²) in [5, 5.41) is 6.11. The molecule has 0 saturated heterocycles. The molecular weight excluding hydrogens is 371 g/mol. The molecule has 0 aliphatic heterocycles. The van der Waals surface area contributed by atoms with Crippen molar-refractivity contribution < 1.29 is 13.9 Å². The van der Waals surface area contributed by atoms with E-state index in [-0.39, 0.29) is 11.5 Å². The largest absolute Gasteiger partial charge is 0.495 e. The Kier molecular flexibility index (Phi) is 5.83. The van der Waals surface area contributed by atoms with Crippen LogP contribution in [0.25, 0.3) is 0 Å². The van der Waals surface area contributed by atoms with E-state index in [0.29, 0.717) is 29.0 Å². The van der Waals surface area contributed by atoms with Crippen molar-refractivity contribution in [2.75, 3.05) is 17.7 Å². The van der Waals surface area contributed by atoms with Crippen LogP contribution >= 0.6 is 11.6 Å². The zero-order chi connectivity index (χ0) is 19.2. The Morgan fingerprint density at radius 1 is 1.19 bits per heavy atom. The van der Waals surface area contributed by atoms with E-state index in [9.17, 15) is 9.18 Å². The van der Waals surface area contributed by atoms with Gasteiger partial charge in [-0.25, -0.2) is 14.4 Å². The molecule has 0 saturated carbocycles. The second-order valence-electron chi connectivity index (χ2n) is 5.55. The summed E-state index contributed by atoms with van der Waals surface area (Å²) in [7, 11) is 1.51. The minimum Gasteiger partial charge on any atom is -0.495 e. The van der Waals surface area contributed by atoms with E-state index in [1.54, 1.807) is 30.3 Å². The van der Waals surface area contributed by atoms with Gasteiger partial charge in [-0.2, -0.15) is 0 Å². The van der Waals surface area contributed by atoms with Gasteiger partial charge in [-0.3, -0.25) is 4.79 Å². The number of ether oxygens (including phenoxy) is 1. The minimum absolute atomic E-state index is 0.193. The number of aromatic nitrogens is 2. The number of halogens is 2. The van der Waals surface area contributed by atoms with Gasteiger partial charge in [-0.1, -0.05) is 23.7 Å². The second kappa shape index (κ2) is 8.46. The van der Waals surface area contributed by atoms with Crippen LogP contribution in [0, 0.1) is 5.82 Å². The molecule has 1 aromatic heterocycles. The Labute approximate surface area is 160 Å². The van der Waals surface area contributed by atoms with Gasteiger partial charge in [-0.15, -0.1) is 0 Å². The van der Waals surface area contributed by atoms with Crippen LogP contribution in [0.4, 0.5) is 16.0 Å². The minimum atomic E-state index is -0.400. The monoisotopic (exact) mass is 386 g/mol. The zero-order valence-corrected chi connectivity index (χ0v) is 15.1. The smallest absolute Gasteiger partial charge is 0.274 e. The normalized spacial score (nSPS) is 10.3. The second-order valence-corrected chi connectivity index (χ2v) is 5.96. The van der Waals surface area contributed by atoms with E-state index in [1.807, 2.05) is 0 Å². The maximum absolute atomic E-state index is 12.9. The fraction of sp³-hybridized carbons (Fsp3) is 0.105. The number of anilines is 2. The van der Waals surface area contributed by atoms with E-state index in [1.165, 1.54) is 31.5 Å². The van der Waals surface area contributed by atoms with Crippen molar-refractivity contribution in [3.63, 3.8) is 0 Å². The van der Waals surface area contributed by atoms with Crippen molar-refractivity contribution in [2.24, 2.45) is 0 Å². The Balaban J connectivity index is 1.66. The first-order valence-corrected chi connectivity index (χ1v) is 8.39. The molecule has 138 valence electrons. The summed E-state index contributed by atoms with van der Waals surface area (Å²) in [6.07, 6.45) is 1.48. The van der Waals surface area contributed by atoms with Crippen LogP contribution < -0.4 is 15.4 Å². The average Bonchev–Trinajstić information content (AvgIpc) is 2.68. The van der Waals surface area contributed by atoms with Crippen molar-refractivity contribution in [3.8, 4) is 5.75 Å². The van der Waals surface area contributed by atoms with Crippen molar-refractivity contribution in [3.05, 3.63) is 76.8 Å². The van der Waals surface area contributed by atoms with Gasteiger partial charge in [-0.05, 0) is 42.0 Å². The molecule has 8 heteroatoms. The highest BCUT2D eigenvalue weighted by Crippen LogP contribution is 2.27. The molecule has 0 fully saturated rings. The lowest BCUT2D eigenvalue weighted by molar-refractivity contribution is 0.102. The van der Waals surface area contributed by atoms with E-state index in [4.69, 9.17) is 16.3 Å². The van der Waals surface area contributed by atoms with Crippen LogP contribution in [-0.4, -0.2) is 23.0 Å². The summed E-state index contributed by atoms with van der Waals surface area (Å²) in [6.45, 7) is 0.402. The molecular formula is C19H16ClFN4O2. The summed E-state index contributed by atoms with van der Waals surface area (Å²) in [4.78, 5) is 20.7. The maximum Gasteiger partial charge on any atom is 0.274 e. The van der Waals surface area contributed by atoms with Gasteiger partial charge in [0.25, 0.3) is 5.91 Å². The van der Waals surface area contributed by atoms with E-state index in [2.05, 4.69) is 20.6 Å². The zero-order valence-electron chi connectivity index (χ0n) is 14.4. The van der Waals surface area contributed by atoms with Crippen LogP contribution in [0.5, 0.6) is 5.75 Å².